The van der Waals surface area contributed by atoms with Crippen LogP contribution in [0.15, 0.2) is 24.3 Å². The summed E-state index contributed by atoms with van der Waals surface area (Å²) in [6, 6.07) is 6.86. The van der Waals surface area contributed by atoms with Crippen LogP contribution >= 0.6 is 22.6 Å². The zero-order valence-corrected chi connectivity index (χ0v) is 9.91. The number of hydrogen-bond acceptors (Lipinski definition) is 1. The van der Waals surface area contributed by atoms with E-state index in [0.29, 0.717) is 11.7 Å². The number of benzene rings is 1. The van der Waals surface area contributed by atoms with E-state index in [9.17, 15) is 4.39 Å². The molecule has 1 aromatic carbocycles. The van der Waals surface area contributed by atoms with Crippen LogP contribution in [0.1, 0.15) is 24.5 Å². The zero-order valence-electron chi connectivity index (χ0n) is 7.75. The van der Waals surface area contributed by atoms with E-state index in [1.165, 1.54) is 6.07 Å². The van der Waals surface area contributed by atoms with Crippen molar-refractivity contribution < 1.29 is 9.13 Å². The van der Waals surface area contributed by atoms with E-state index in [4.69, 9.17) is 4.74 Å². The summed E-state index contributed by atoms with van der Waals surface area (Å²) in [5, 5.41) is 0. The number of hydrogen-bond donors (Lipinski definition) is 0. The summed E-state index contributed by atoms with van der Waals surface area (Å²) >= 11 is 2.24. The molecule has 0 aromatic heterocycles. The van der Waals surface area contributed by atoms with Gasteiger partial charge in [0.1, 0.15) is 5.82 Å². The summed E-state index contributed by atoms with van der Waals surface area (Å²) in [5.74, 6) is -0.158. The van der Waals surface area contributed by atoms with Gasteiger partial charge >= 0.3 is 0 Å². The van der Waals surface area contributed by atoms with Gasteiger partial charge in [0.25, 0.3) is 0 Å². The lowest BCUT2D eigenvalue weighted by molar-refractivity contribution is 0.0547. The van der Waals surface area contributed by atoms with Crippen molar-refractivity contribution in [3.8, 4) is 0 Å². The standard InChI is InChI=1S/C11H12FIO/c12-10-4-2-1-3-9(10)11(7-13)14-8-5-6-8/h1-4,8,11H,5-7H2. The summed E-state index contributed by atoms with van der Waals surface area (Å²) in [4.78, 5) is 0. The second-order valence-corrected chi connectivity index (χ2v) is 4.38. The Balaban J connectivity index is 2.12. The molecular weight excluding hydrogens is 294 g/mol. The zero-order chi connectivity index (χ0) is 9.97. The predicted molar refractivity (Wildman–Crippen MR) is 62.1 cm³/mol. The molecule has 3 heteroatoms. The van der Waals surface area contributed by atoms with Crippen molar-refractivity contribution in [3.63, 3.8) is 0 Å². The quantitative estimate of drug-likeness (QED) is 0.611. The van der Waals surface area contributed by atoms with Crippen LogP contribution in [-0.4, -0.2) is 10.5 Å². The second-order valence-electron chi connectivity index (χ2n) is 3.50. The maximum Gasteiger partial charge on any atom is 0.129 e. The molecule has 1 aliphatic rings. The van der Waals surface area contributed by atoms with Gasteiger partial charge in [-0.3, -0.25) is 0 Å². The van der Waals surface area contributed by atoms with Gasteiger partial charge in [-0.1, -0.05) is 40.8 Å². The van der Waals surface area contributed by atoms with E-state index < -0.39 is 0 Å². The topological polar surface area (TPSA) is 9.23 Å². The highest BCUT2D eigenvalue weighted by Gasteiger charge is 2.27. The Hall–Kier alpha value is -0.160. The SMILES string of the molecule is Fc1ccccc1C(CI)OC1CC1. The third-order valence-corrected chi connectivity index (χ3v) is 3.07. The third-order valence-electron chi connectivity index (χ3n) is 2.27. The minimum atomic E-state index is -0.158. The van der Waals surface area contributed by atoms with Gasteiger partial charge in [0.2, 0.25) is 0 Å². The van der Waals surface area contributed by atoms with Gasteiger partial charge in [-0.2, -0.15) is 0 Å². The first-order valence-electron chi connectivity index (χ1n) is 4.77. The van der Waals surface area contributed by atoms with Crippen molar-refractivity contribution in [1.82, 2.24) is 0 Å². The van der Waals surface area contributed by atoms with Crippen molar-refractivity contribution in [3.05, 3.63) is 35.6 Å². The fourth-order valence-electron chi connectivity index (χ4n) is 1.37. The van der Waals surface area contributed by atoms with E-state index in [0.717, 1.165) is 17.3 Å². The Morgan fingerprint density at radius 3 is 2.71 bits per heavy atom. The molecule has 0 amide bonds. The molecule has 0 N–H and O–H groups in total. The summed E-state index contributed by atoms with van der Waals surface area (Å²) in [5.41, 5.74) is 0.689. The molecule has 0 heterocycles. The van der Waals surface area contributed by atoms with Gasteiger partial charge in [0, 0.05) is 9.99 Å². The highest BCUT2D eigenvalue weighted by molar-refractivity contribution is 14.1. The molecule has 14 heavy (non-hydrogen) atoms. The van der Waals surface area contributed by atoms with Crippen LogP contribution in [0.4, 0.5) is 4.39 Å². The van der Waals surface area contributed by atoms with Crippen LogP contribution < -0.4 is 0 Å². The van der Waals surface area contributed by atoms with Crippen LogP contribution in [0, 0.1) is 5.82 Å². The molecule has 1 fully saturated rings. The van der Waals surface area contributed by atoms with Crippen LogP contribution in [0.3, 0.4) is 0 Å². The summed E-state index contributed by atoms with van der Waals surface area (Å²) in [6.45, 7) is 0. The highest BCUT2D eigenvalue weighted by atomic mass is 127. The molecule has 1 saturated carbocycles. The Morgan fingerprint density at radius 1 is 1.43 bits per heavy atom. The summed E-state index contributed by atoms with van der Waals surface area (Å²) in [7, 11) is 0. The molecule has 0 radical (unpaired) electrons. The smallest absolute Gasteiger partial charge is 0.129 e. The van der Waals surface area contributed by atoms with Gasteiger partial charge in [0.05, 0.1) is 12.2 Å². The highest BCUT2D eigenvalue weighted by Crippen LogP contribution is 2.32. The van der Waals surface area contributed by atoms with Gasteiger partial charge in [0.15, 0.2) is 0 Å². The van der Waals surface area contributed by atoms with Gasteiger partial charge in [-0.15, -0.1) is 0 Å². The number of halogens is 2. The molecular formula is C11H12FIO. The predicted octanol–water partition coefficient (Wildman–Crippen LogP) is 3.48. The Kier molecular flexibility index (Phi) is 3.38. The molecule has 76 valence electrons. The summed E-state index contributed by atoms with van der Waals surface area (Å²) < 4.78 is 19.9. The summed E-state index contributed by atoms with van der Waals surface area (Å²) in [6.07, 6.45) is 2.54. The van der Waals surface area contributed by atoms with Crippen molar-refractivity contribution in [2.24, 2.45) is 0 Å². The van der Waals surface area contributed by atoms with Crippen molar-refractivity contribution in [2.75, 3.05) is 4.43 Å². The third kappa shape index (κ3) is 2.45. The monoisotopic (exact) mass is 306 g/mol. The molecule has 2 rings (SSSR count). The fourth-order valence-corrected chi connectivity index (χ4v) is 2.05. The van der Waals surface area contributed by atoms with Crippen molar-refractivity contribution in [1.29, 1.82) is 0 Å². The molecule has 1 nitrogen and oxygen atoms in total. The molecule has 1 aliphatic carbocycles. The Labute approximate surface area is 96.8 Å². The molecule has 0 spiro atoms. The maximum atomic E-state index is 13.4. The van der Waals surface area contributed by atoms with Gasteiger partial charge in [-0.25, -0.2) is 4.39 Å². The lowest BCUT2D eigenvalue weighted by atomic mass is 10.1. The van der Waals surface area contributed by atoms with Crippen LogP contribution in [-0.2, 0) is 4.74 Å². The number of rotatable bonds is 4. The second kappa shape index (κ2) is 4.57. The van der Waals surface area contributed by atoms with E-state index in [1.807, 2.05) is 6.07 Å². The minimum Gasteiger partial charge on any atom is -0.369 e. The average molecular weight is 306 g/mol. The first-order valence-corrected chi connectivity index (χ1v) is 6.29. The van der Waals surface area contributed by atoms with Crippen LogP contribution in [0.2, 0.25) is 0 Å². The molecule has 1 aromatic rings. The van der Waals surface area contributed by atoms with Crippen LogP contribution in [0.25, 0.3) is 0 Å². The number of ether oxygens (including phenoxy) is 1. The fraction of sp³-hybridized carbons (Fsp3) is 0.455. The van der Waals surface area contributed by atoms with Gasteiger partial charge in [-0.05, 0) is 18.9 Å². The lowest BCUT2D eigenvalue weighted by Crippen LogP contribution is -2.09. The molecule has 0 bridgehead atoms. The molecule has 1 atom stereocenters. The minimum absolute atomic E-state index is 0.0794. The van der Waals surface area contributed by atoms with Crippen LogP contribution in [0.5, 0.6) is 0 Å². The number of alkyl halides is 1. The molecule has 0 saturated heterocycles. The van der Waals surface area contributed by atoms with E-state index in [2.05, 4.69) is 22.6 Å². The van der Waals surface area contributed by atoms with E-state index >= 15 is 0 Å². The lowest BCUT2D eigenvalue weighted by Gasteiger charge is -2.15. The normalized spacial score (nSPS) is 18.1. The first kappa shape index (κ1) is 10.4. The average Bonchev–Trinajstić information content (AvgIpc) is 2.99. The first-order chi connectivity index (χ1) is 6.81. The van der Waals surface area contributed by atoms with Gasteiger partial charge < -0.3 is 4.74 Å². The van der Waals surface area contributed by atoms with E-state index in [1.54, 1.807) is 12.1 Å². The Bertz CT molecular complexity index is 312. The maximum absolute atomic E-state index is 13.4. The largest absolute Gasteiger partial charge is 0.369 e. The van der Waals surface area contributed by atoms with Crippen molar-refractivity contribution in [2.45, 2.75) is 25.0 Å². The molecule has 1 unspecified atom stereocenters. The van der Waals surface area contributed by atoms with E-state index in [-0.39, 0.29) is 11.9 Å². The Morgan fingerprint density at radius 2 is 2.14 bits per heavy atom. The van der Waals surface area contributed by atoms with Crippen molar-refractivity contribution >= 4 is 22.6 Å². The molecule has 0 aliphatic heterocycles.